The molecule has 0 saturated carbocycles. The molecule has 0 bridgehead atoms. The number of nitrogens with one attached hydrogen (secondary N) is 2. The Labute approximate surface area is 178 Å². The molecule has 0 fully saturated rings. The average molecular weight is 496 g/mol. The molecule has 6 nitrogen and oxygen atoms in total. The van der Waals surface area contributed by atoms with E-state index in [0.717, 1.165) is 12.5 Å². The molecule has 8 heteroatoms. The summed E-state index contributed by atoms with van der Waals surface area (Å²) in [5.41, 5.74) is -0.456. The third kappa shape index (κ3) is 9.07. The summed E-state index contributed by atoms with van der Waals surface area (Å²) in [5, 5.41) is 8.67. The highest BCUT2D eigenvalue weighted by Gasteiger charge is 2.22. The number of nitrogens with zero attached hydrogens (tertiary/aromatic N) is 2. The van der Waals surface area contributed by atoms with Crippen molar-refractivity contribution < 1.29 is 9.53 Å². The lowest BCUT2D eigenvalue weighted by Gasteiger charge is -2.26. The number of guanidine groups is 1. The molecular formula is C18H33IN4O2S. The van der Waals surface area contributed by atoms with Crippen molar-refractivity contribution in [2.24, 2.45) is 4.99 Å². The zero-order valence-corrected chi connectivity index (χ0v) is 20.0. The van der Waals surface area contributed by atoms with Crippen molar-refractivity contribution in [3.05, 3.63) is 22.4 Å². The molecule has 1 heterocycles. The van der Waals surface area contributed by atoms with Crippen LogP contribution in [0.1, 0.15) is 39.5 Å². The first kappa shape index (κ1) is 25.0. The lowest BCUT2D eigenvalue weighted by atomic mass is 9.91. The summed E-state index contributed by atoms with van der Waals surface area (Å²) in [6.45, 7) is 11.9. The van der Waals surface area contributed by atoms with Crippen LogP contribution in [0.25, 0.3) is 0 Å². The number of amides is 1. The van der Waals surface area contributed by atoms with Gasteiger partial charge in [0.15, 0.2) is 5.96 Å². The number of carbonyl (C=O) groups is 1. The molecule has 0 aliphatic heterocycles. The fourth-order valence-electron chi connectivity index (χ4n) is 2.05. The minimum absolute atomic E-state index is 0. The van der Waals surface area contributed by atoms with Gasteiger partial charge in [-0.3, -0.25) is 4.99 Å². The van der Waals surface area contributed by atoms with Gasteiger partial charge >= 0.3 is 6.09 Å². The van der Waals surface area contributed by atoms with Crippen LogP contribution in [0.15, 0.2) is 22.5 Å². The fourth-order valence-corrected chi connectivity index (χ4v) is 2.90. The standard InChI is InChI=1S/C18H32N4O2S.HI/c1-17(2,3)24-16(23)22(7)11-10-20-15(19-6)21-13-18(4,5)14-9-8-12-25-14;/h8-9,12H,10-11,13H2,1-7H3,(H2,19,20,21);1H. The molecule has 0 spiro atoms. The highest BCUT2D eigenvalue weighted by Crippen LogP contribution is 2.26. The smallest absolute Gasteiger partial charge is 0.410 e. The van der Waals surface area contributed by atoms with Crippen LogP contribution in [-0.4, -0.2) is 56.3 Å². The van der Waals surface area contributed by atoms with Gasteiger partial charge in [-0.05, 0) is 32.2 Å². The quantitative estimate of drug-likeness (QED) is 0.359. The number of thiophene rings is 1. The topological polar surface area (TPSA) is 66.0 Å². The Morgan fingerprint density at radius 3 is 2.42 bits per heavy atom. The van der Waals surface area contributed by atoms with E-state index in [1.807, 2.05) is 20.8 Å². The first-order valence-electron chi connectivity index (χ1n) is 8.48. The summed E-state index contributed by atoms with van der Waals surface area (Å²) in [4.78, 5) is 19.1. The van der Waals surface area contributed by atoms with Crippen molar-refractivity contribution in [3.8, 4) is 0 Å². The van der Waals surface area contributed by atoms with E-state index in [-0.39, 0.29) is 35.5 Å². The van der Waals surface area contributed by atoms with Crippen LogP contribution in [0.5, 0.6) is 0 Å². The van der Waals surface area contributed by atoms with Gasteiger partial charge in [-0.25, -0.2) is 4.79 Å². The Morgan fingerprint density at radius 1 is 1.27 bits per heavy atom. The van der Waals surface area contributed by atoms with Crippen LogP contribution in [0.2, 0.25) is 0 Å². The van der Waals surface area contributed by atoms with Gasteiger partial charge in [0.05, 0.1) is 0 Å². The van der Waals surface area contributed by atoms with E-state index in [4.69, 9.17) is 4.74 Å². The van der Waals surface area contributed by atoms with E-state index in [9.17, 15) is 4.79 Å². The summed E-state index contributed by atoms with van der Waals surface area (Å²) in [6, 6.07) is 4.22. The monoisotopic (exact) mass is 496 g/mol. The van der Waals surface area contributed by atoms with E-state index in [0.29, 0.717) is 13.1 Å². The van der Waals surface area contributed by atoms with E-state index in [1.165, 1.54) is 4.88 Å². The van der Waals surface area contributed by atoms with Crippen molar-refractivity contribution in [1.82, 2.24) is 15.5 Å². The van der Waals surface area contributed by atoms with E-state index < -0.39 is 5.60 Å². The molecule has 0 unspecified atom stereocenters. The molecule has 0 aromatic carbocycles. The third-order valence-corrected chi connectivity index (χ3v) is 4.79. The van der Waals surface area contributed by atoms with Crippen molar-refractivity contribution in [2.75, 3.05) is 33.7 Å². The number of likely N-dealkylation sites (N-methyl/N-ethyl adjacent to an activating group) is 1. The molecule has 0 saturated heterocycles. The summed E-state index contributed by atoms with van der Waals surface area (Å²) < 4.78 is 5.33. The molecule has 0 radical (unpaired) electrons. The third-order valence-electron chi connectivity index (χ3n) is 3.55. The molecular weight excluding hydrogens is 463 g/mol. The Morgan fingerprint density at radius 2 is 1.92 bits per heavy atom. The van der Waals surface area contributed by atoms with Gasteiger partial charge < -0.3 is 20.3 Å². The normalized spacial score (nSPS) is 12.2. The molecule has 1 rings (SSSR count). The van der Waals surface area contributed by atoms with Gasteiger partial charge in [-0.1, -0.05) is 19.9 Å². The summed E-state index contributed by atoms with van der Waals surface area (Å²) in [7, 11) is 3.47. The van der Waals surface area contributed by atoms with Crippen LogP contribution >= 0.6 is 35.3 Å². The highest BCUT2D eigenvalue weighted by atomic mass is 127. The molecule has 2 N–H and O–H groups in total. The van der Waals surface area contributed by atoms with Crippen LogP contribution in [0, 0.1) is 0 Å². The molecule has 0 aliphatic rings. The SMILES string of the molecule is CN=C(NCCN(C)C(=O)OC(C)(C)C)NCC(C)(C)c1cccs1.I. The minimum Gasteiger partial charge on any atom is -0.444 e. The van der Waals surface area contributed by atoms with Crippen molar-refractivity contribution >= 4 is 47.4 Å². The Kier molecular flexibility index (Phi) is 10.5. The van der Waals surface area contributed by atoms with Crippen molar-refractivity contribution in [3.63, 3.8) is 0 Å². The largest absolute Gasteiger partial charge is 0.444 e. The van der Waals surface area contributed by atoms with Crippen LogP contribution in [0.3, 0.4) is 0 Å². The number of aliphatic imine (C=N–C) groups is 1. The van der Waals surface area contributed by atoms with Crippen LogP contribution < -0.4 is 10.6 Å². The van der Waals surface area contributed by atoms with Gasteiger partial charge in [-0.15, -0.1) is 35.3 Å². The number of carbonyl (C=O) groups excluding carboxylic acids is 1. The maximum Gasteiger partial charge on any atom is 0.410 e. The second kappa shape index (κ2) is 11.0. The van der Waals surface area contributed by atoms with Gasteiger partial charge in [0.2, 0.25) is 0 Å². The number of rotatable bonds is 6. The first-order valence-corrected chi connectivity index (χ1v) is 9.36. The average Bonchev–Trinajstić information content (AvgIpc) is 3.03. The van der Waals surface area contributed by atoms with Gasteiger partial charge in [-0.2, -0.15) is 0 Å². The van der Waals surface area contributed by atoms with E-state index in [2.05, 4.69) is 47.0 Å². The van der Waals surface area contributed by atoms with E-state index >= 15 is 0 Å². The molecule has 1 aromatic heterocycles. The Hall–Kier alpha value is -1.03. The number of halogens is 1. The van der Waals surface area contributed by atoms with Crippen molar-refractivity contribution in [2.45, 2.75) is 45.6 Å². The maximum atomic E-state index is 11.9. The number of hydrogen-bond acceptors (Lipinski definition) is 4. The summed E-state index contributed by atoms with van der Waals surface area (Å²) in [6.07, 6.45) is -0.323. The van der Waals surface area contributed by atoms with Gasteiger partial charge in [0.25, 0.3) is 0 Å². The lowest BCUT2D eigenvalue weighted by molar-refractivity contribution is 0.0302. The van der Waals surface area contributed by atoms with Crippen LogP contribution in [-0.2, 0) is 10.2 Å². The molecule has 26 heavy (non-hydrogen) atoms. The fraction of sp³-hybridized carbons (Fsp3) is 0.667. The van der Waals surface area contributed by atoms with Crippen LogP contribution in [0.4, 0.5) is 4.79 Å². The maximum absolute atomic E-state index is 11.9. The molecule has 150 valence electrons. The summed E-state index contributed by atoms with van der Waals surface area (Å²) >= 11 is 1.76. The predicted octanol–water partition coefficient (Wildman–Crippen LogP) is 3.68. The second-order valence-electron chi connectivity index (χ2n) is 7.62. The molecule has 1 aromatic rings. The predicted molar refractivity (Wildman–Crippen MR) is 121 cm³/mol. The second-order valence-corrected chi connectivity index (χ2v) is 8.56. The minimum atomic E-state index is -0.482. The molecule has 0 aliphatic carbocycles. The molecule has 0 atom stereocenters. The van der Waals surface area contributed by atoms with Gasteiger partial charge in [0, 0.05) is 44.0 Å². The number of hydrogen-bond donors (Lipinski definition) is 2. The Bertz CT molecular complexity index is 568. The first-order chi connectivity index (χ1) is 11.5. The lowest BCUT2D eigenvalue weighted by Crippen LogP contribution is -2.46. The van der Waals surface area contributed by atoms with Crippen molar-refractivity contribution in [1.29, 1.82) is 0 Å². The van der Waals surface area contributed by atoms with Gasteiger partial charge in [0.1, 0.15) is 5.60 Å². The Balaban J connectivity index is 0.00000625. The highest BCUT2D eigenvalue weighted by molar-refractivity contribution is 14.0. The summed E-state index contributed by atoms with van der Waals surface area (Å²) in [5.74, 6) is 0.724. The van der Waals surface area contributed by atoms with E-state index in [1.54, 1.807) is 30.3 Å². The molecule has 1 amide bonds. The number of ether oxygens (including phenoxy) is 1. The zero-order chi connectivity index (χ0) is 19.1. The zero-order valence-electron chi connectivity index (χ0n) is 16.9.